The van der Waals surface area contributed by atoms with E-state index in [1.165, 1.54) is 56.9 Å². The molecule has 3 aromatic rings. The third-order valence-electron chi connectivity index (χ3n) is 18.4. The van der Waals surface area contributed by atoms with Crippen LogP contribution in [0.25, 0.3) is 10.4 Å². The standard InChI is InChI=1S/C60H83N5O7/c1-41(2)14-13-15-42(3)52-29-30-53-51-28-23-47-36-50(31-33-58(47,4)54(51)32-34-59(52,53)5)72-57(68)62-35-12-8-11-18-56(67)65-37-43(55(66)38-65)39-71-60(44-16-9-7-10-17-44,45-19-24-48(69-6)25-20-45)46-21-26-49(27-22-46)70-40-63-64-61/h7,9-10,16-17,19-27,41-43,50-55,66H,8,11-15,18,28-40H2,1-6H3,(H,62,68)/t42?,43?,50-,51?,52+,53?,54?,55?,58-,59+,60?/m0/s1. The van der Waals surface area contributed by atoms with E-state index in [2.05, 4.69) is 56.0 Å². The van der Waals surface area contributed by atoms with Gasteiger partial charge in [0.25, 0.3) is 0 Å². The van der Waals surface area contributed by atoms with Gasteiger partial charge in [0.15, 0.2) is 6.73 Å². The minimum Gasteiger partial charge on any atom is -0.497 e. The molecule has 3 aromatic carbocycles. The second-order valence-corrected chi connectivity index (χ2v) is 23.0. The molecule has 0 bridgehead atoms. The second kappa shape index (κ2) is 23.9. The van der Waals surface area contributed by atoms with Gasteiger partial charge in [-0.15, -0.1) is 0 Å². The molecule has 0 spiro atoms. The van der Waals surface area contributed by atoms with Crippen molar-refractivity contribution in [2.75, 3.05) is 40.1 Å². The van der Waals surface area contributed by atoms with Gasteiger partial charge in [-0.2, -0.15) is 0 Å². The number of benzene rings is 3. The number of aliphatic hydroxyl groups excluding tert-OH is 1. The van der Waals surface area contributed by atoms with Crippen LogP contribution >= 0.6 is 0 Å². The van der Waals surface area contributed by atoms with E-state index in [1.54, 1.807) is 12.0 Å². The molecule has 1 aliphatic heterocycles. The Balaban J connectivity index is 0.783. The number of carbonyl (C=O) groups excluding carboxylic acids is 2. The molecule has 8 rings (SSSR count). The molecule has 2 amide bonds. The Hall–Kier alpha value is -5.03. The summed E-state index contributed by atoms with van der Waals surface area (Å²) in [6.07, 6.45) is 17.7. The first-order valence-electron chi connectivity index (χ1n) is 27.5. The molecule has 7 unspecified atom stereocenters. The topological polar surface area (TPSA) is 155 Å². The largest absolute Gasteiger partial charge is 0.497 e. The Morgan fingerprint density at radius 1 is 0.861 bits per heavy atom. The lowest BCUT2D eigenvalue weighted by molar-refractivity contribution is -0.130. The van der Waals surface area contributed by atoms with Crippen LogP contribution in [-0.4, -0.2) is 74.3 Å². The number of nitrogens with zero attached hydrogens (tertiary/aromatic N) is 4. The van der Waals surface area contributed by atoms with Gasteiger partial charge >= 0.3 is 6.09 Å². The summed E-state index contributed by atoms with van der Waals surface area (Å²) in [5, 5.41) is 17.8. The highest BCUT2D eigenvalue weighted by molar-refractivity contribution is 5.76. The highest BCUT2D eigenvalue weighted by Gasteiger charge is 2.59. The van der Waals surface area contributed by atoms with E-state index in [1.807, 2.05) is 78.9 Å². The molecule has 0 radical (unpaired) electrons. The SMILES string of the molecule is COc1ccc(C(OCC2CN(C(=O)CCCCCNC(=O)O[C@H]3CC[C@@]4(C)C(=CCC5C4CC[C@@]4(C)C5CC[C@@H]4C(C)CCCC(C)C)C3)CC2O)(c2ccccc2)c2ccc(OCN=[N+]=[N-])cc2)cc1. The fraction of sp³-hybridized carbons (Fsp3) is 0.633. The van der Waals surface area contributed by atoms with E-state index in [0.717, 1.165) is 84.3 Å². The number of nitrogens with one attached hydrogen (secondary N) is 1. The van der Waals surface area contributed by atoms with Gasteiger partial charge in [-0.25, -0.2) is 4.79 Å². The number of carbonyl (C=O) groups is 2. The maximum atomic E-state index is 13.5. The lowest BCUT2D eigenvalue weighted by Gasteiger charge is -2.58. The van der Waals surface area contributed by atoms with Crippen LogP contribution in [0, 0.1) is 52.3 Å². The van der Waals surface area contributed by atoms with E-state index < -0.39 is 11.7 Å². The van der Waals surface area contributed by atoms with Crippen molar-refractivity contribution in [1.29, 1.82) is 0 Å². The zero-order valence-electron chi connectivity index (χ0n) is 44.1. The van der Waals surface area contributed by atoms with Crippen LogP contribution in [0.2, 0.25) is 0 Å². The van der Waals surface area contributed by atoms with Gasteiger partial charge in [0, 0.05) is 43.3 Å². The Morgan fingerprint density at radius 3 is 2.29 bits per heavy atom. The molecule has 5 aliphatic rings. The average molecular weight is 986 g/mol. The van der Waals surface area contributed by atoms with Crippen molar-refractivity contribution in [3.63, 3.8) is 0 Å². The average Bonchev–Trinajstić information content (AvgIpc) is 3.95. The molecule has 1 heterocycles. The third kappa shape index (κ3) is 11.7. The molecule has 12 heteroatoms. The summed E-state index contributed by atoms with van der Waals surface area (Å²) >= 11 is 0. The number of aliphatic hydroxyl groups is 1. The van der Waals surface area contributed by atoms with Crippen LogP contribution in [0.4, 0.5) is 4.79 Å². The van der Waals surface area contributed by atoms with E-state index in [9.17, 15) is 14.7 Å². The van der Waals surface area contributed by atoms with Crippen molar-refractivity contribution >= 4 is 12.0 Å². The molecule has 72 heavy (non-hydrogen) atoms. The van der Waals surface area contributed by atoms with Crippen molar-refractivity contribution in [2.45, 2.75) is 149 Å². The Kier molecular flexibility index (Phi) is 17.7. The number of rotatable bonds is 22. The highest BCUT2D eigenvalue weighted by atomic mass is 16.6. The normalized spacial score (nSPS) is 28.9. The number of ether oxygens (including phenoxy) is 4. The smallest absolute Gasteiger partial charge is 0.407 e. The Morgan fingerprint density at radius 2 is 1.58 bits per heavy atom. The third-order valence-corrected chi connectivity index (χ3v) is 18.4. The van der Waals surface area contributed by atoms with Gasteiger partial charge in [0.2, 0.25) is 5.91 Å². The number of azide groups is 1. The number of amides is 2. The van der Waals surface area contributed by atoms with Gasteiger partial charge in [-0.05, 0) is 151 Å². The number of hydrogen-bond acceptors (Lipinski definition) is 8. The number of hydrogen-bond donors (Lipinski definition) is 2. The van der Waals surface area contributed by atoms with Crippen LogP contribution in [0.15, 0.2) is 95.6 Å². The van der Waals surface area contributed by atoms with Crippen LogP contribution < -0.4 is 14.8 Å². The van der Waals surface area contributed by atoms with Gasteiger partial charge in [-0.3, -0.25) is 4.79 Å². The summed E-state index contributed by atoms with van der Waals surface area (Å²) in [7, 11) is 1.63. The first kappa shape index (κ1) is 53.3. The number of alkyl carbamates (subject to hydrolysis) is 1. The molecule has 390 valence electrons. The summed E-state index contributed by atoms with van der Waals surface area (Å²) in [4.78, 5) is 31.1. The molecule has 11 atom stereocenters. The lowest BCUT2D eigenvalue weighted by atomic mass is 9.47. The number of β-amino-alcohol motifs (C(OH)–C–C–N with tert-alkyl or cyclic N) is 1. The summed E-state index contributed by atoms with van der Waals surface area (Å²) in [5.41, 5.74) is 12.4. The Bertz CT molecular complexity index is 2340. The molecule has 2 N–H and O–H groups in total. The second-order valence-electron chi connectivity index (χ2n) is 23.0. The zero-order valence-corrected chi connectivity index (χ0v) is 44.1. The van der Waals surface area contributed by atoms with Crippen LogP contribution in [0.1, 0.15) is 148 Å². The first-order chi connectivity index (χ1) is 34.8. The van der Waals surface area contributed by atoms with Crippen molar-refractivity contribution in [2.24, 2.45) is 57.4 Å². The molecule has 0 aromatic heterocycles. The molecule has 12 nitrogen and oxygen atoms in total. The molecule has 4 aliphatic carbocycles. The zero-order chi connectivity index (χ0) is 50.9. The molecule has 4 fully saturated rings. The summed E-state index contributed by atoms with van der Waals surface area (Å²) in [6.45, 7) is 13.7. The fourth-order valence-corrected chi connectivity index (χ4v) is 14.5. The summed E-state index contributed by atoms with van der Waals surface area (Å²) in [5.74, 6) is 5.79. The fourth-order valence-electron chi connectivity index (χ4n) is 14.5. The van der Waals surface area contributed by atoms with E-state index in [4.69, 9.17) is 24.5 Å². The summed E-state index contributed by atoms with van der Waals surface area (Å²) in [6, 6.07) is 25.2. The number of allylic oxidation sites excluding steroid dienone is 1. The minimum atomic E-state index is -1.09. The van der Waals surface area contributed by atoms with Crippen molar-refractivity contribution < 1.29 is 33.6 Å². The number of unbranched alkanes of at least 4 members (excludes halogenated alkanes) is 2. The lowest BCUT2D eigenvalue weighted by Crippen LogP contribution is -2.51. The monoisotopic (exact) mass is 986 g/mol. The van der Waals surface area contributed by atoms with Crippen molar-refractivity contribution in [3.05, 3.63) is 118 Å². The highest BCUT2D eigenvalue weighted by Crippen LogP contribution is 2.67. The molecule has 1 saturated heterocycles. The van der Waals surface area contributed by atoms with Gasteiger partial charge in [-0.1, -0.05) is 132 Å². The van der Waals surface area contributed by atoms with Crippen LogP contribution in [0.3, 0.4) is 0 Å². The molecular weight excluding hydrogens is 903 g/mol. The summed E-state index contributed by atoms with van der Waals surface area (Å²) < 4.78 is 24.2. The van der Waals surface area contributed by atoms with Crippen molar-refractivity contribution in [3.8, 4) is 11.5 Å². The first-order valence-corrected chi connectivity index (χ1v) is 27.5. The Labute approximate surface area is 429 Å². The number of likely N-dealkylation sites (tertiary alicyclic amines) is 1. The van der Waals surface area contributed by atoms with Gasteiger partial charge in [0.1, 0.15) is 23.2 Å². The molecular formula is C60H83N5O7. The number of methoxy groups -OCH3 is 1. The van der Waals surface area contributed by atoms with E-state index in [-0.39, 0.29) is 49.3 Å². The molecule has 3 saturated carbocycles. The van der Waals surface area contributed by atoms with Gasteiger partial charge < -0.3 is 34.3 Å². The predicted molar refractivity (Wildman–Crippen MR) is 282 cm³/mol. The van der Waals surface area contributed by atoms with Crippen molar-refractivity contribution in [1.82, 2.24) is 10.2 Å². The minimum absolute atomic E-state index is 0.00848. The van der Waals surface area contributed by atoms with Gasteiger partial charge in [0.05, 0.1) is 19.8 Å². The maximum Gasteiger partial charge on any atom is 0.407 e. The van der Waals surface area contributed by atoms with Crippen LogP contribution in [-0.2, 0) is 19.9 Å². The number of fused-ring (bicyclic) bond motifs is 5. The van der Waals surface area contributed by atoms with E-state index >= 15 is 0 Å². The predicted octanol–water partition coefficient (Wildman–Crippen LogP) is 13.2. The maximum absolute atomic E-state index is 13.5. The quantitative estimate of drug-likeness (QED) is 0.0253. The van der Waals surface area contributed by atoms with E-state index in [0.29, 0.717) is 42.8 Å². The van der Waals surface area contributed by atoms with Crippen LogP contribution in [0.5, 0.6) is 11.5 Å².